The van der Waals surface area contributed by atoms with E-state index in [1.165, 1.54) is 28.3 Å². The first-order valence-corrected chi connectivity index (χ1v) is 11.6. The molecule has 2 amide bonds. The van der Waals surface area contributed by atoms with Gasteiger partial charge in [0.05, 0.1) is 12.7 Å². The Morgan fingerprint density at radius 1 is 1.06 bits per heavy atom. The zero-order chi connectivity index (χ0) is 24.6. The van der Waals surface area contributed by atoms with Gasteiger partial charge in [0.15, 0.2) is 0 Å². The molecule has 0 radical (unpaired) electrons. The first-order valence-electron chi connectivity index (χ1n) is 10.7. The second kappa shape index (κ2) is 11.3. The number of hydrogen-bond acceptors (Lipinski definition) is 7. The van der Waals surface area contributed by atoms with E-state index in [4.69, 9.17) is 0 Å². The lowest BCUT2D eigenvalue weighted by Gasteiger charge is -2.17. The molecule has 0 aliphatic heterocycles. The number of benzene rings is 2. The molecule has 35 heavy (non-hydrogen) atoms. The summed E-state index contributed by atoms with van der Waals surface area (Å²) in [5.74, 6) is -2.59. The van der Waals surface area contributed by atoms with E-state index in [1.807, 2.05) is 6.07 Å². The molecule has 1 atom stereocenters. The van der Waals surface area contributed by atoms with E-state index in [2.05, 4.69) is 25.9 Å². The molecule has 4 rings (SSSR count). The number of hydrogen-bond donors (Lipinski definition) is 2. The third-order valence-corrected chi connectivity index (χ3v) is 5.82. The van der Waals surface area contributed by atoms with Crippen LogP contribution in [0.3, 0.4) is 0 Å². The predicted octanol–water partition coefficient (Wildman–Crippen LogP) is 2.15. The topological polar surface area (TPSA) is 119 Å². The molecule has 0 fully saturated rings. The molecule has 0 spiro atoms. The summed E-state index contributed by atoms with van der Waals surface area (Å²) in [6.07, 6.45) is 3.18. The second-order valence-electron chi connectivity index (χ2n) is 7.56. The van der Waals surface area contributed by atoms with Crippen LogP contribution in [0.25, 0.3) is 11.3 Å². The monoisotopic (exact) mass is 492 g/mol. The molecule has 2 heterocycles. The summed E-state index contributed by atoms with van der Waals surface area (Å²) in [4.78, 5) is 42.2. The van der Waals surface area contributed by atoms with Gasteiger partial charge < -0.3 is 10.6 Å². The van der Waals surface area contributed by atoms with Gasteiger partial charge in [0.25, 0.3) is 5.91 Å². The predicted molar refractivity (Wildman–Crippen MR) is 126 cm³/mol. The maximum absolute atomic E-state index is 14.0. The Labute approximate surface area is 204 Å². The highest BCUT2D eigenvalue weighted by molar-refractivity contribution is 7.09. The Balaban J connectivity index is 1.43. The van der Waals surface area contributed by atoms with Crippen molar-refractivity contribution in [1.29, 1.82) is 0 Å². The van der Waals surface area contributed by atoms with E-state index in [0.29, 0.717) is 5.01 Å². The first kappa shape index (κ1) is 23.9. The van der Waals surface area contributed by atoms with Crippen LogP contribution in [0.5, 0.6) is 0 Å². The van der Waals surface area contributed by atoms with Crippen LogP contribution in [0.2, 0.25) is 0 Å². The van der Waals surface area contributed by atoms with Gasteiger partial charge >= 0.3 is 0 Å². The number of nitrogens with one attached hydrogen (secondary N) is 2. The molecule has 9 nitrogen and oxygen atoms in total. The molecule has 0 bridgehead atoms. The average molecular weight is 493 g/mol. The number of aromatic nitrogens is 4. The van der Waals surface area contributed by atoms with E-state index in [9.17, 15) is 18.8 Å². The largest absolute Gasteiger partial charge is 0.344 e. The molecule has 0 aliphatic carbocycles. The molecule has 178 valence electrons. The van der Waals surface area contributed by atoms with Crippen LogP contribution in [0.1, 0.15) is 10.6 Å². The smallest absolute Gasteiger partial charge is 0.289 e. The minimum absolute atomic E-state index is 0.117. The molecular weight excluding hydrogens is 471 g/mol. The SMILES string of the molecule is O=C(Cn1cc(-c2ccccc2F)nn1)N[C@H](Cc1ccccc1)C(=O)C(=O)NCc1nccs1. The lowest BCUT2D eigenvalue weighted by atomic mass is 10.0. The van der Waals surface area contributed by atoms with E-state index in [0.717, 1.165) is 5.56 Å². The van der Waals surface area contributed by atoms with Crippen LogP contribution in [0, 0.1) is 5.82 Å². The molecule has 0 saturated carbocycles. The summed E-state index contributed by atoms with van der Waals surface area (Å²) in [5.41, 5.74) is 1.31. The Bertz CT molecular complexity index is 1310. The summed E-state index contributed by atoms with van der Waals surface area (Å²) in [6, 6.07) is 14.1. The molecule has 0 unspecified atom stereocenters. The van der Waals surface area contributed by atoms with E-state index >= 15 is 0 Å². The van der Waals surface area contributed by atoms with Crippen molar-refractivity contribution in [3.63, 3.8) is 0 Å². The van der Waals surface area contributed by atoms with E-state index < -0.39 is 29.5 Å². The first-order chi connectivity index (χ1) is 17.0. The number of thiazole rings is 1. The molecule has 2 aromatic carbocycles. The number of nitrogens with zero attached hydrogens (tertiary/aromatic N) is 4. The molecule has 0 saturated heterocycles. The third-order valence-electron chi connectivity index (χ3n) is 5.04. The normalized spacial score (nSPS) is 11.6. The fourth-order valence-corrected chi connectivity index (χ4v) is 3.91. The van der Waals surface area contributed by atoms with Gasteiger partial charge in [-0.25, -0.2) is 14.1 Å². The van der Waals surface area contributed by atoms with Gasteiger partial charge in [-0.3, -0.25) is 14.4 Å². The highest BCUT2D eigenvalue weighted by atomic mass is 32.1. The van der Waals surface area contributed by atoms with Crippen molar-refractivity contribution in [2.75, 3.05) is 0 Å². The standard InChI is InChI=1S/C24H21FN6O3S/c25-18-9-5-4-8-17(18)20-14-31(30-29-20)15-21(32)28-19(12-16-6-2-1-3-7-16)23(33)24(34)27-13-22-26-10-11-35-22/h1-11,14,19H,12-13,15H2,(H,27,34)(H,28,32)/t19-/m1/s1. The zero-order valence-corrected chi connectivity index (χ0v) is 19.2. The van der Waals surface area contributed by atoms with Crippen molar-refractivity contribution in [3.8, 4) is 11.3 Å². The molecule has 2 N–H and O–H groups in total. The number of Topliss-reactive ketones (excluding diaryl/α,β-unsaturated/α-hetero) is 1. The van der Waals surface area contributed by atoms with Crippen LogP contribution in [0.15, 0.2) is 72.4 Å². The average Bonchev–Trinajstić information content (AvgIpc) is 3.55. The van der Waals surface area contributed by atoms with Crippen LogP contribution in [-0.4, -0.2) is 43.6 Å². The fourth-order valence-electron chi connectivity index (χ4n) is 3.36. The van der Waals surface area contributed by atoms with Crippen LogP contribution in [-0.2, 0) is 33.9 Å². The maximum atomic E-state index is 14.0. The van der Waals surface area contributed by atoms with Crippen LogP contribution >= 0.6 is 11.3 Å². The Kier molecular flexibility index (Phi) is 7.68. The number of rotatable bonds is 10. The molecule has 11 heteroatoms. The van der Waals surface area contributed by atoms with Crippen LogP contribution in [0.4, 0.5) is 4.39 Å². The van der Waals surface area contributed by atoms with Crippen LogP contribution < -0.4 is 10.6 Å². The summed E-state index contributed by atoms with van der Waals surface area (Å²) in [5, 5.41) is 15.4. The molecule has 4 aromatic rings. The Morgan fingerprint density at radius 2 is 1.83 bits per heavy atom. The Morgan fingerprint density at radius 3 is 2.57 bits per heavy atom. The summed E-state index contributed by atoms with van der Waals surface area (Å²) < 4.78 is 15.2. The lowest BCUT2D eigenvalue weighted by molar-refractivity contribution is -0.140. The van der Waals surface area contributed by atoms with Gasteiger partial charge in [-0.05, 0) is 17.7 Å². The molecule has 2 aromatic heterocycles. The second-order valence-corrected chi connectivity index (χ2v) is 8.54. The number of amides is 2. The van der Waals surface area contributed by atoms with Gasteiger partial charge in [-0.2, -0.15) is 0 Å². The zero-order valence-electron chi connectivity index (χ0n) is 18.4. The number of carbonyl (C=O) groups is 3. The number of carbonyl (C=O) groups excluding carboxylic acids is 3. The van der Waals surface area contributed by atoms with Gasteiger partial charge in [0, 0.05) is 23.6 Å². The quantitative estimate of drug-likeness (QED) is 0.328. The number of ketones is 1. The minimum Gasteiger partial charge on any atom is -0.344 e. The Hall–Kier alpha value is -4.25. The summed E-state index contributed by atoms with van der Waals surface area (Å²) in [6.45, 7) is -0.146. The molecule has 0 aliphatic rings. The fraction of sp³-hybridized carbons (Fsp3) is 0.167. The van der Waals surface area contributed by atoms with E-state index in [1.54, 1.807) is 54.0 Å². The van der Waals surface area contributed by atoms with Crippen molar-refractivity contribution in [1.82, 2.24) is 30.6 Å². The van der Waals surface area contributed by atoms with Crippen molar-refractivity contribution in [2.45, 2.75) is 25.6 Å². The summed E-state index contributed by atoms with van der Waals surface area (Å²) >= 11 is 1.35. The number of halogens is 1. The van der Waals surface area contributed by atoms with Gasteiger partial charge in [-0.15, -0.1) is 16.4 Å². The minimum atomic E-state index is -1.09. The van der Waals surface area contributed by atoms with Gasteiger partial charge in [0.2, 0.25) is 11.7 Å². The van der Waals surface area contributed by atoms with Crippen molar-refractivity contribution in [3.05, 3.63) is 88.8 Å². The third kappa shape index (κ3) is 6.42. The maximum Gasteiger partial charge on any atom is 0.289 e. The highest BCUT2D eigenvalue weighted by Crippen LogP contribution is 2.19. The van der Waals surface area contributed by atoms with Crippen molar-refractivity contribution < 1.29 is 18.8 Å². The van der Waals surface area contributed by atoms with Gasteiger partial charge in [-0.1, -0.05) is 47.7 Å². The van der Waals surface area contributed by atoms with E-state index in [-0.39, 0.29) is 30.8 Å². The van der Waals surface area contributed by atoms with Crippen molar-refractivity contribution >= 4 is 28.9 Å². The van der Waals surface area contributed by atoms with Gasteiger partial charge in [0.1, 0.15) is 29.1 Å². The summed E-state index contributed by atoms with van der Waals surface area (Å²) in [7, 11) is 0. The lowest BCUT2D eigenvalue weighted by Crippen LogP contribution is -2.49. The molecular formula is C24H21FN6O3S. The highest BCUT2D eigenvalue weighted by Gasteiger charge is 2.27. The van der Waals surface area contributed by atoms with Crippen molar-refractivity contribution in [2.24, 2.45) is 0 Å².